The lowest BCUT2D eigenvalue weighted by Gasteiger charge is -2.15. The van der Waals surface area contributed by atoms with Crippen LogP contribution in [0.15, 0.2) is 24.5 Å². The minimum atomic E-state index is -0.0812. The third-order valence-electron chi connectivity index (χ3n) is 4.00. The highest BCUT2D eigenvalue weighted by Gasteiger charge is 2.20. The average Bonchev–Trinajstić information content (AvgIpc) is 3.17. The van der Waals surface area contributed by atoms with Crippen LogP contribution in [0.25, 0.3) is 0 Å². The van der Waals surface area contributed by atoms with Gasteiger partial charge in [0.05, 0.1) is 37.3 Å². The van der Waals surface area contributed by atoms with Crippen LogP contribution in [0.4, 0.5) is 11.5 Å². The highest BCUT2D eigenvalue weighted by molar-refractivity contribution is 6.32. The molecule has 1 N–H and O–H groups in total. The SMILES string of the molecule is COc1cc(Nc2cnc(C(=O)N3CCCC3)cn2)c(OC)cc1Cl. The van der Waals surface area contributed by atoms with Crippen molar-refractivity contribution in [3.05, 3.63) is 35.2 Å². The second kappa shape index (κ2) is 7.57. The monoisotopic (exact) mass is 362 g/mol. The second-order valence-corrected chi connectivity index (χ2v) is 6.01. The van der Waals surface area contributed by atoms with E-state index in [9.17, 15) is 4.79 Å². The summed E-state index contributed by atoms with van der Waals surface area (Å²) in [6.45, 7) is 1.56. The second-order valence-electron chi connectivity index (χ2n) is 5.60. The number of hydrogen-bond acceptors (Lipinski definition) is 6. The van der Waals surface area contributed by atoms with Crippen LogP contribution in [-0.2, 0) is 0 Å². The van der Waals surface area contributed by atoms with Gasteiger partial charge >= 0.3 is 0 Å². The average molecular weight is 363 g/mol. The number of hydrogen-bond donors (Lipinski definition) is 1. The predicted octanol–water partition coefficient (Wildman–Crippen LogP) is 3.13. The van der Waals surface area contributed by atoms with Gasteiger partial charge in [0, 0.05) is 25.2 Å². The molecule has 1 aromatic carbocycles. The Morgan fingerprint density at radius 3 is 2.44 bits per heavy atom. The fourth-order valence-electron chi connectivity index (χ4n) is 2.68. The summed E-state index contributed by atoms with van der Waals surface area (Å²) in [5.74, 6) is 1.46. The van der Waals surface area contributed by atoms with Crippen molar-refractivity contribution in [3.8, 4) is 11.5 Å². The Balaban J connectivity index is 1.78. The number of benzene rings is 1. The van der Waals surface area contributed by atoms with Gasteiger partial charge in [-0.2, -0.15) is 0 Å². The van der Waals surface area contributed by atoms with Gasteiger partial charge in [-0.3, -0.25) is 4.79 Å². The lowest BCUT2D eigenvalue weighted by Crippen LogP contribution is -2.28. The molecule has 1 fully saturated rings. The van der Waals surface area contributed by atoms with E-state index in [4.69, 9.17) is 21.1 Å². The maximum atomic E-state index is 12.3. The van der Waals surface area contributed by atoms with Crippen molar-refractivity contribution in [2.45, 2.75) is 12.8 Å². The van der Waals surface area contributed by atoms with E-state index in [0.717, 1.165) is 25.9 Å². The largest absolute Gasteiger partial charge is 0.495 e. The molecule has 0 radical (unpaired) electrons. The van der Waals surface area contributed by atoms with Crippen LogP contribution in [0.1, 0.15) is 23.3 Å². The van der Waals surface area contributed by atoms with Gasteiger partial charge in [0.2, 0.25) is 0 Å². The first kappa shape index (κ1) is 17.3. The first-order chi connectivity index (χ1) is 12.1. The van der Waals surface area contributed by atoms with Crippen molar-refractivity contribution < 1.29 is 14.3 Å². The number of nitrogens with zero attached hydrogens (tertiary/aromatic N) is 3. The van der Waals surface area contributed by atoms with Gasteiger partial charge < -0.3 is 19.7 Å². The van der Waals surface area contributed by atoms with Gasteiger partial charge in [0.1, 0.15) is 23.0 Å². The topological polar surface area (TPSA) is 76.6 Å². The van der Waals surface area contributed by atoms with Gasteiger partial charge in [-0.1, -0.05) is 11.6 Å². The third kappa shape index (κ3) is 3.76. The van der Waals surface area contributed by atoms with Crippen LogP contribution in [-0.4, -0.2) is 48.1 Å². The summed E-state index contributed by atoms with van der Waals surface area (Å²) in [5.41, 5.74) is 0.977. The molecule has 1 aliphatic heterocycles. The van der Waals surface area contributed by atoms with E-state index in [1.165, 1.54) is 19.5 Å². The molecule has 1 aromatic heterocycles. The molecule has 0 spiro atoms. The Kier molecular flexibility index (Phi) is 5.23. The molecule has 7 nitrogen and oxygen atoms in total. The van der Waals surface area contributed by atoms with E-state index in [-0.39, 0.29) is 5.91 Å². The number of carbonyl (C=O) groups excluding carboxylic acids is 1. The molecule has 1 aliphatic rings. The van der Waals surface area contributed by atoms with Crippen LogP contribution in [0.2, 0.25) is 5.02 Å². The van der Waals surface area contributed by atoms with E-state index >= 15 is 0 Å². The summed E-state index contributed by atoms with van der Waals surface area (Å²) in [4.78, 5) is 22.6. The number of rotatable bonds is 5. The summed E-state index contributed by atoms with van der Waals surface area (Å²) in [6, 6.07) is 3.37. The van der Waals surface area contributed by atoms with Gasteiger partial charge in [-0.05, 0) is 12.8 Å². The van der Waals surface area contributed by atoms with Crippen molar-refractivity contribution >= 4 is 29.0 Å². The van der Waals surface area contributed by atoms with Crippen LogP contribution >= 0.6 is 11.6 Å². The lowest BCUT2D eigenvalue weighted by molar-refractivity contribution is 0.0786. The number of ether oxygens (including phenoxy) is 2. The molecule has 8 heteroatoms. The van der Waals surface area contributed by atoms with Crippen molar-refractivity contribution in [2.75, 3.05) is 32.6 Å². The fraction of sp³-hybridized carbons (Fsp3) is 0.353. The zero-order valence-corrected chi connectivity index (χ0v) is 14.8. The fourth-order valence-corrected chi connectivity index (χ4v) is 2.91. The smallest absolute Gasteiger partial charge is 0.274 e. The van der Waals surface area contributed by atoms with E-state index < -0.39 is 0 Å². The van der Waals surface area contributed by atoms with E-state index in [1.54, 1.807) is 24.1 Å². The molecule has 0 bridgehead atoms. The molecule has 1 saturated heterocycles. The van der Waals surface area contributed by atoms with Gasteiger partial charge in [0.25, 0.3) is 5.91 Å². The van der Waals surface area contributed by atoms with Gasteiger partial charge in [0.15, 0.2) is 0 Å². The Bertz CT molecular complexity index is 761. The highest BCUT2D eigenvalue weighted by Crippen LogP contribution is 2.36. The Labute approximate surface area is 150 Å². The maximum Gasteiger partial charge on any atom is 0.274 e. The highest BCUT2D eigenvalue weighted by atomic mass is 35.5. The normalized spacial score (nSPS) is 13.6. The maximum absolute atomic E-state index is 12.3. The van der Waals surface area contributed by atoms with Crippen molar-refractivity contribution in [1.82, 2.24) is 14.9 Å². The van der Waals surface area contributed by atoms with Gasteiger partial charge in [-0.25, -0.2) is 9.97 Å². The minimum Gasteiger partial charge on any atom is -0.495 e. The van der Waals surface area contributed by atoms with E-state index in [0.29, 0.717) is 33.7 Å². The first-order valence-corrected chi connectivity index (χ1v) is 8.30. The quantitative estimate of drug-likeness (QED) is 0.880. The van der Waals surface area contributed by atoms with E-state index in [1.807, 2.05) is 0 Å². The van der Waals surface area contributed by atoms with Crippen LogP contribution in [0.5, 0.6) is 11.5 Å². The summed E-state index contributed by atoms with van der Waals surface area (Å²) in [5, 5.41) is 3.55. The molecule has 0 saturated carbocycles. The number of anilines is 2. The third-order valence-corrected chi connectivity index (χ3v) is 4.30. The van der Waals surface area contributed by atoms with Gasteiger partial charge in [-0.15, -0.1) is 0 Å². The van der Waals surface area contributed by atoms with Crippen LogP contribution in [0, 0.1) is 0 Å². The molecule has 25 heavy (non-hydrogen) atoms. The summed E-state index contributed by atoms with van der Waals surface area (Å²) >= 11 is 6.10. The number of likely N-dealkylation sites (tertiary alicyclic amines) is 1. The van der Waals surface area contributed by atoms with Crippen molar-refractivity contribution in [3.63, 3.8) is 0 Å². The summed E-state index contributed by atoms with van der Waals surface area (Å²) in [7, 11) is 3.09. The number of nitrogens with one attached hydrogen (secondary N) is 1. The molecule has 2 aromatic rings. The molecule has 132 valence electrons. The Morgan fingerprint density at radius 2 is 1.84 bits per heavy atom. The molecular weight excluding hydrogens is 344 g/mol. The molecular formula is C17H19ClN4O3. The van der Waals surface area contributed by atoms with Crippen molar-refractivity contribution in [2.24, 2.45) is 0 Å². The zero-order valence-electron chi connectivity index (χ0n) is 14.1. The Hall–Kier alpha value is -2.54. The van der Waals surface area contributed by atoms with Crippen molar-refractivity contribution in [1.29, 1.82) is 0 Å². The number of aromatic nitrogens is 2. The molecule has 0 unspecified atom stereocenters. The number of amides is 1. The van der Waals surface area contributed by atoms with Crippen LogP contribution < -0.4 is 14.8 Å². The molecule has 2 heterocycles. The molecule has 1 amide bonds. The molecule has 0 atom stereocenters. The minimum absolute atomic E-state index is 0.0812. The summed E-state index contributed by atoms with van der Waals surface area (Å²) < 4.78 is 10.5. The standard InChI is InChI=1S/C17H19ClN4O3/c1-24-14-8-12(15(25-2)7-11(14)18)21-16-10-19-13(9-20-16)17(23)22-5-3-4-6-22/h7-10H,3-6H2,1-2H3,(H,20,21). The number of halogens is 1. The lowest BCUT2D eigenvalue weighted by atomic mass is 10.2. The molecule has 0 aliphatic carbocycles. The number of methoxy groups -OCH3 is 2. The van der Waals surface area contributed by atoms with Crippen LogP contribution in [0.3, 0.4) is 0 Å². The first-order valence-electron chi connectivity index (χ1n) is 7.92. The van der Waals surface area contributed by atoms with E-state index in [2.05, 4.69) is 15.3 Å². The molecule has 3 rings (SSSR count). The number of carbonyl (C=O) groups is 1. The predicted molar refractivity (Wildman–Crippen MR) is 95.0 cm³/mol. The summed E-state index contributed by atoms with van der Waals surface area (Å²) in [6.07, 6.45) is 5.07. The zero-order chi connectivity index (χ0) is 17.8. The Morgan fingerprint density at radius 1 is 1.12 bits per heavy atom.